The number of halogens is 1. The monoisotopic (exact) mass is 250 g/mol. The molecule has 88 valence electrons. The molecule has 2 N–H and O–H groups in total. The minimum Gasteiger partial charge on any atom is -0.380 e. The predicted molar refractivity (Wildman–Crippen MR) is 65.4 cm³/mol. The number of nitrogens with zero attached hydrogens (tertiary/aromatic N) is 3. The molecule has 5 nitrogen and oxygen atoms in total. The zero-order chi connectivity index (χ0) is 12.4. The summed E-state index contributed by atoms with van der Waals surface area (Å²) in [5.74, 6) is -0.0161. The van der Waals surface area contributed by atoms with Gasteiger partial charge in [0.15, 0.2) is 17.3 Å². The van der Waals surface area contributed by atoms with E-state index in [2.05, 4.69) is 10.2 Å². The van der Waals surface area contributed by atoms with Crippen LogP contribution < -0.4 is 5.73 Å². The maximum atomic E-state index is 11.5. The van der Waals surface area contributed by atoms with Crippen LogP contribution in [0.2, 0.25) is 5.02 Å². The summed E-state index contributed by atoms with van der Waals surface area (Å²) in [6.45, 7) is 1.75. The number of ketones is 1. The normalized spacial score (nSPS) is 10.5. The van der Waals surface area contributed by atoms with Crippen molar-refractivity contribution < 1.29 is 4.79 Å². The van der Waals surface area contributed by atoms with Gasteiger partial charge in [-0.3, -0.25) is 4.79 Å². The van der Waals surface area contributed by atoms with E-state index in [1.54, 1.807) is 25.1 Å². The van der Waals surface area contributed by atoms with E-state index in [9.17, 15) is 4.79 Å². The third-order valence-corrected chi connectivity index (χ3v) is 2.61. The smallest absolute Gasteiger partial charge is 0.186 e. The van der Waals surface area contributed by atoms with E-state index in [0.29, 0.717) is 17.1 Å². The molecule has 0 radical (unpaired) electrons. The Bertz CT molecular complexity index is 564. The molecule has 6 heteroatoms. The number of benzene rings is 1. The summed E-state index contributed by atoms with van der Waals surface area (Å²) in [5, 5.41) is 8.55. The van der Waals surface area contributed by atoms with E-state index in [0.717, 1.165) is 0 Å². The number of rotatable bonds is 3. The number of carbonyl (C=O) groups is 1. The highest BCUT2D eigenvalue weighted by atomic mass is 35.5. The number of hydrogen-bond acceptors (Lipinski definition) is 4. The molecule has 0 spiro atoms. The van der Waals surface area contributed by atoms with Crippen LogP contribution in [0.5, 0.6) is 0 Å². The van der Waals surface area contributed by atoms with Crippen LogP contribution >= 0.6 is 11.6 Å². The van der Waals surface area contributed by atoms with Gasteiger partial charge in [-0.15, -0.1) is 15.0 Å². The topological polar surface area (TPSA) is 73.8 Å². The first-order valence-electron chi connectivity index (χ1n) is 5.14. The van der Waals surface area contributed by atoms with Crippen LogP contribution in [0, 0.1) is 0 Å². The van der Waals surface area contributed by atoms with Crippen molar-refractivity contribution in [3.05, 3.63) is 35.0 Å². The van der Waals surface area contributed by atoms with Gasteiger partial charge in [-0.1, -0.05) is 30.7 Å². The zero-order valence-electron chi connectivity index (χ0n) is 9.22. The fourth-order valence-corrected chi connectivity index (χ4v) is 1.62. The first-order chi connectivity index (χ1) is 8.13. The maximum absolute atomic E-state index is 11.5. The summed E-state index contributed by atoms with van der Waals surface area (Å²) in [6, 6.07) is 7.08. The Morgan fingerprint density at radius 2 is 2.12 bits per heavy atom. The maximum Gasteiger partial charge on any atom is 0.186 e. The van der Waals surface area contributed by atoms with Crippen molar-refractivity contribution in [1.82, 2.24) is 15.0 Å². The van der Waals surface area contributed by atoms with Crippen molar-refractivity contribution in [2.45, 2.75) is 13.3 Å². The molecule has 0 saturated carbocycles. The Kier molecular flexibility index (Phi) is 3.10. The number of nitrogens with two attached hydrogens (primary N) is 1. The first kappa shape index (κ1) is 11.6. The molecule has 0 aliphatic rings. The van der Waals surface area contributed by atoms with Crippen LogP contribution in [0.4, 0.5) is 5.82 Å². The second-order valence-electron chi connectivity index (χ2n) is 3.45. The van der Waals surface area contributed by atoms with Gasteiger partial charge in [0, 0.05) is 6.42 Å². The molecule has 1 aromatic heterocycles. The quantitative estimate of drug-likeness (QED) is 0.847. The van der Waals surface area contributed by atoms with Crippen molar-refractivity contribution in [3.8, 4) is 5.69 Å². The Hall–Kier alpha value is -1.88. The fraction of sp³-hybridized carbons (Fsp3) is 0.182. The highest BCUT2D eigenvalue weighted by Crippen LogP contribution is 2.19. The lowest BCUT2D eigenvalue weighted by atomic mass is 10.2. The Morgan fingerprint density at radius 1 is 1.41 bits per heavy atom. The third-order valence-electron chi connectivity index (χ3n) is 2.29. The zero-order valence-corrected chi connectivity index (χ0v) is 9.98. The van der Waals surface area contributed by atoms with E-state index in [-0.39, 0.29) is 17.3 Å². The molecule has 1 aromatic carbocycles. The van der Waals surface area contributed by atoms with Gasteiger partial charge in [-0.05, 0) is 12.1 Å². The summed E-state index contributed by atoms with van der Waals surface area (Å²) in [6.07, 6.45) is 0.339. The molecule has 0 unspecified atom stereocenters. The summed E-state index contributed by atoms with van der Waals surface area (Å²) < 4.78 is 0. The second kappa shape index (κ2) is 4.55. The minimum absolute atomic E-state index is 0.122. The van der Waals surface area contributed by atoms with Crippen molar-refractivity contribution >= 4 is 23.2 Å². The highest BCUT2D eigenvalue weighted by molar-refractivity contribution is 6.32. The molecule has 2 rings (SSSR count). The number of anilines is 1. The second-order valence-corrected chi connectivity index (χ2v) is 3.86. The molecule has 0 aliphatic carbocycles. The van der Waals surface area contributed by atoms with Crippen LogP contribution in [0.3, 0.4) is 0 Å². The molecule has 1 heterocycles. The summed E-state index contributed by atoms with van der Waals surface area (Å²) in [7, 11) is 0. The lowest BCUT2D eigenvalue weighted by molar-refractivity contribution is 0.0984. The van der Waals surface area contributed by atoms with Crippen LogP contribution in [0.15, 0.2) is 24.3 Å². The number of hydrogen-bond donors (Lipinski definition) is 1. The van der Waals surface area contributed by atoms with Crippen LogP contribution in [0.25, 0.3) is 5.69 Å². The number of nitrogen functional groups attached to an aromatic ring is 1. The predicted octanol–water partition coefficient (Wildman–Crippen LogP) is 2.10. The Balaban J connectivity index is 2.49. The Labute approximate surface area is 103 Å². The third kappa shape index (κ3) is 2.14. The SMILES string of the molecule is CCC(=O)c1nn(-c2ccccc2Cl)nc1N. The van der Waals surface area contributed by atoms with E-state index < -0.39 is 0 Å². The first-order valence-corrected chi connectivity index (χ1v) is 5.52. The molecule has 0 fully saturated rings. The van der Waals surface area contributed by atoms with Crippen molar-refractivity contribution in [1.29, 1.82) is 0 Å². The van der Waals surface area contributed by atoms with Gasteiger partial charge in [0.1, 0.15) is 5.69 Å². The van der Waals surface area contributed by atoms with Gasteiger partial charge in [0.2, 0.25) is 0 Å². The molecule has 0 amide bonds. The highest BCUT2D eigenvalue weighted by Gasteiger charge is 2.16. The molecule has 0 aliphatic heterocycles. The van der Waals surface area contributed by atoms with Gasteiger partial charge in [-0.25, -0.2) is 0 Å². The summed E-state index contributed by atoms with van der Waals surface area (Å²) in [5.41, 5.74) is 6.43. The molecular weight excluding hydrogens is 240 g/mol. The van der Waals surface area contributed by atoms with E-state index >= 15 is 0 Å². The van der Waals surface area contributed by atoms with Crippen molar-refractivity contribution in [3.63, 3.8) is 0 Å². The lowest BCUT2D eigenvalue weighted by Crippen LogP contribution is -2.03. The average molecular weight is 251 g/mol. The minimum atomic E-state index is -0.138. The van der Waals surface area contributed by atoms with E-state index in [1.807, 2.05) is 6.07 Å². The van der Waals surface area contributed by atoms with Crippen LogP contribution in [-0.2, 0) is 0 Å². The molecule has 17 heavy (non-hydrogen) atoms. The summed E-state index contributed by atoms with van der Waals surface area (Å²) >= 11 is 6.01. The molecule has 0 atom stereocenters. The van der Waals surface area contributed by atoms with Gasteiger partial charge in [0.05, 0.1) is 5.02 Å². The van der Waals surface area contributed by atoms with E-state index in [4.69, 9.17) is 17.3 Å². The Morgan fingerprint density at radius 3 is 2.76 bits per heavy atom. The molecule has 0 saturated heterocycles. The number of para-hydroxylation sites is 1. The average Bonchev–Trinajstić information content (AvgIpc) is 2.71. The van der Waals surface area contributed by atoms with Gasteiger partial charge in [0.25, 0.3) is 0 Å². The van der Waals surface area contributed by atoms with E-state index in [1.165, 1.54) is 4.80 Å². The standard InChI is InChI=1S/C11H11ClN4O/c1-2-9(17)10-11(13)15-16(14-10)8-6-4-3-5-7(8)12/h3-6H,2H2,1H3,(H2,13,15). The van der Waals surface area contributed by atoms with Crippen LogP contribution in [0.1, 0.15) is 23.8 Å². The van der Waals surface area contributed by atoms with Gasteiger partial charge in [-0.2, -0.15) is 0 Å². The van der Waals surface area contributed by atoms with Crippen LogP contribution in [-0.4, -0.2) is 20.8 Å². The fourth-order valence-electron chi connectivity index (χ4n) is 1.41. The lowest BCUT2D eigenvalue weighted by Gasteiger charge is -2.00. The van der Waals surface area contributed by atoms with Crippen molar-refractivity contribution in [2.24, 2.45) is 0 Å². The molecular formula is C11H11ClN4O. The number of carbonyl (C=O) groups excluding carboxylic acids is 1. The molecule has 2 aromatic rings. The number of Topliss-reactive ketones (excluding diaryl/α,β-unsaturated/α-hetero) is 1. The largest absolute Gasteiger partial charge is 0.380 e. The molecule has 0 bridgehead atoms. The van der Waals surface area contributed by atoms with Gasteiger partial charge >= 0.3 is 0 Å². The van der Waals surface area contributed by atoms with Crippen molar-refractivity contribution in [2.75, 3.05) is 5.73 Å². The summed E-state index contributed by atoms with van der Waals surface area (Å²) in [4.78, 5) is 12.8. The van der Waals surface area contributed by atoms with Gasteiger partial charge < -0.3 is 5.73 Å². The number of aromatic nitrogens is 3.